The smallest absolute Gasteiger partial charge is 0.242 e. The number of anilines is 1. The Morgan fingerprint density at radius 2 is 1.91 bits per heavy atom. The van der Waals surface area contributed by atoms with Gasteiger partial charge in [-0.15, -0.1) is 0 Å². The maximum Gasteiger partial charge on any atom is 0.242 e. The molecule has 4 heterocycles. The Morgan fingerprint density at radius 3 is 2.61 bits per heavy atom. The third kappa shape index (κ3) is 4.48. The summed E-state index contributed by atoms with van der Waals surface area (Å²) in [5, 5.41) is 0. The summed E-state index contributed by atoms with van der Waals surface area (Å²) in [6.07, 6.45) is 3.85. The van der Waals surface area contributed by atoms with Gasteiger partial charge in [-0.1, -0.05) is 6.07 Å². The quantitative estimate of drug-likeness (QED) is 0.405. The van der Waals surface area contributed by atoms with Crippen LogP contribution in [0.2, 0.25) is 0 Å². The average Bonchev–Trinajstić information content (AvgIpc) is 3.16. The Bertz CT molecular complexity index is 1410. The molecule has 0 bridgehead atoms. The molecule has 0 aliphatic carbocycles. The largest absolute Gasteiger partial charge is 0.494 e. The second-order valence-electron chi connectivity index (χ2n) is 6.71. The fraction of sp³-hybridized carbons (Fsp3) is 0.250. The van der Waals surface area contributed by atoms with Crippen molar-refractivity contribution in [3.05, 3.63) is 36.7 Å². The van der Waals surface area contributed by atoms with Crippen molar-refractivity contribution in [2.45, 2.75) is 6.92 Å². The van der Waals surface area contributed by atoms with E-state index < -0.39 is 10.0 Å². The van der Waals surface area contributed by atoms with Gasteiger partial charge in [-0.2, -0.15) is 0 Å². The first-order valence-corrected chi connectivity index (χ1v) is 11.6. The van der Waals surface area contributed by atoms with Crippen molar-refractivity contribution >= 4 is 27.1 Å². The highest BCUT2D eigenvalue weighted by Crippen LogP contribution is 2.36. The molecule has 0 radical (unpaired) electrons. The molecule has 12 nitrogen and oxygen atoms in total. The number of ether oxygens (including phenoxy) is 3. The number of rotatable bonds is 8. The van der Waals surface area contributed by atoms with E-state index in [1.165, 1.54) is 26.6 Å². The van der Waals surface area contributed by atoms with Gasteiger partial charge < -0.3 is 14.2 Å². The summed E-state index contributed by atoms with van der Waals surface area (Å²) >= 11 is 0. The van der Waals surface area contributed by atoms with Crippen molar-refractivity contribution in [3.63, 3.8) is 0 Å². The van der Waals surface area contributed by atoms with Gasteiger partial charge in [0.2, 0.25) is 21.8 Å². The summed E-state index contributed by atoms with van der Waals surface area (Å²) in [5.41, 5.74) is 1.35. The third-order valence-corrected chi connectivity index (χ3v) is 4.98. The molecular weight excluding hydrogens is 450 g/mol. The Kier molecular flexibility index (Phi) is 5.96. The predicted molar refractivity (Wildman–Crippen MR) is 123 cm³/mol. The molecule has 0 unspecified atom stereocenters. The van der Waals surface area contributed by atoms with Crippen molar-refractivity contribution in [2.24, 2.45) is 0 Å². The number of aromatic nitrogens is 6. The number of imidazole rings is 1. The second-order valence-corrected chi connectivity index (χ2v) is 8.46. The van der Waals surface area contributed by atoms with Gasteiger partial charge >= 0.3 is 0 Å². The molecule has 4 aromatic heterocycles. The molecule has 0 atom stereocenters. The van der Waals surface area contributed by atoms with Gasteiger partial charge in [0, 0.05) is 19.8 Å². The van der Waals surface area contributed by atoms with Crippen LogP contribution in [0.1, 0.15) is 8.35 Å². The van der Waals surface area contributed by atoms with Gasteiger partial charge in [0.1, 0.15) is 11.4 Å². The van der Waals surface area contributed by atoms with Gasteiger partial charge in [-0.05, 0) is 13.0 Å². The fourth-order valence-electron chi connectivity index (χ4n) is 3.18. The van der Waals surface area contributed by atoms with Crippen LogP contribution in [-0.2, 0) is 10.0 Å². The fourth-order valence-corrected chi connectivity index (χ4v) is 3.66. The van der Waals surface area contributed by atoms with Crippen LogP contribution >= 0.6 is 0 Å². The minimum atomic E-state index is -3.58. The minimum absolute atomic E-state index is 0. The average molecular weight is 474 g/mol. The highest BCUT2D eigenvalue weighted by atomic mass is 32.2. The van der Waals surface area contributed by atoms with E-state index >= 15 is 0 Å². The topological polar surface area (TPSA) is 143 Å². The van der Waals surface area contributed by atoms with Crippen LogP contribution < -0.4 is 18.9 Å². The van der Waals surface area contributed by atoms with Crippen LogP contribution in [0.5, 0.6) is 17.5 Å². The summed E-state index contributed by atoms with van der Waals surface area (Å²) in [7, 11) is -0.599. The summed E-state index contributed by atoms with van der Waals surface area (Å²) in [6, 6.07) is 6.93. The molecule has 0 aromatic carbocycles. The molecule has 0 spiro atoms. The van der Waals surface area contributed by atoms with E-state index in [0.717, 1.165) is 6.26 Å². The Morgan fingerprint density at radius 1 is 1.09 bits per heavy atom. The number of nitrogens with zero attached hydrogens (tertiary/aromatic N) is 6. The number of hydrogen-bond acceptors (Lipinski definition) is 10. The van der Waals surface area contributed by atoms with Crippen molar-refractivity contribution < 1.29 is 24.1 Å². The summed E-state index contributed by atoms with van der Waals surface area (Å²) in [4.78, 5) is 22.1. The lowest BCUT2D eigenvalue weighted by atomic mass is 10.3. The normalized spacial score (nSPS) is 11.4. The standard InChI is InChI=1S/C20H21N7O5S.H2/c1-5-32-15-8-6-7-12(23-15)18-25-17-19(24-14(11-22-17)26-33(4,28)29)27(18)16-13(30-2)9-10-21-20(16)31-3;/h6-11H,5H2,1-4H3,(H,24,26);1H. The van der Waals surface area contributed by atoms with Crippen LogP contribution in [0, 0.1) is 0 Å². The predicted octanol–water partition coefficient (Wildman–Crippen LogP) is 2.31. The zero-order chi connectivity index (χ0) is 23.6. The van der Waals surface area contributed by atoms with Gasteiger partial charge in [-0.25, -0.2) is 33.3 Å². The molecule has 1 N–H and O–H groups in total. The number of sulfonamides is 1. The van der Waals surface area contributed by atoms with Crippen LogP contribution in [0.4, 0.5) is 5.82 Å². The number of nitrogens with one attached hydrogen (secondary N) is 1. The highest BCUT2D eigenvalue weighted by Gasteiger charge is 2.25. The summed E-state index contributed by atoms with van der Waals surface area (Å²) < 4.78 is 44.0. The van der Waals surface area contributed by atoms with Crippen molar-refractivity contribution in [1.82, 2.24) is 29.5 Å². The lowest BCUT2D eigenvalue weighted by Crippen LogP contribution is -2.12. The molecule has 33 heavy (non-hydrogen) atoms. The Labute approximate surface area is 191 Å². The van der Waals surface area contributed by atoms with Gasteiger partial charge in [0.15, 0.2) is 28.6 Å². The number of pyridine rings is 2. The molecular formula is C20H23N7O5S. The van der Waals surface area contributed by atoms with E-state index in [1.807, 2.05) is 6.92 Å². The van der Waals surface area contributed by atoms with Crippen molar-refractivity contribution in [3.8, 4) is 34.7 Å². The van der Waals surface area contributed by atoms with Crippen LogP contribution in [0.15, 0.2) is 36.7 Å². The van der Waals surface area contributed by atoms with Crippen LogP contribution in [0.3, 0.4) is 0 Å². The zero-order valence-corrected chi connectivity index (χ0v) is 19.1. The molecule has 0 amide bonds. The van der Waals surface area contributed by atoms with Crippen LogP contribution in [-0.4, -0.2) is 65.0 Å². The molecule has 174 valence electrons. The van der Waals surface area contributed by atoms with Crippen molar-refractivity contribution in [2.75, 3.05) is 31.8 Å². The van der Waals surface area contributed by atoms with E-state index in [4.69, 9.17) is 14.2 Å². The van der Waals surface area contributed by atoms with E-state index in [2.05, 4.69) is 29.6 Å². The first-order chi connectivity index (χ1) is 15.8. The lowest BCUT2D eigenvalue weighted by Gasteiger charge is -2.15. The molecule has 0 saturated carbocycles. The molecule has 4 rings (SSSR count). The Balaban J connectivity index is 0.00000324. The van der Waals surface area contributed by atoms with Crippen LogP contribution in [0.25, 0.3) is 28.5 Å². The Hall–Kier alpha value is -4.00. The van der Waals surface area contributed by atoms with E-state index in [0.29, 0.717) is 35.4 Å². The maximum absolute atomic E-state index is 11.7. The lowest BCUT2D eigenvalue weighted by molar-refractivity contribution is 0.327. The molecule has 0 fully saturated rings. The van der Waals surface area contributed by atoms with Gasteiger partial charge in [-0.3, -0.25) is 9.29 Å². The first kappa shape index (κ1) is 22.2. The highest BCUT2D eigenvalue weighted by molar-refractivity contribution is 7.92. The second kappa shape index (κ2) is 8.86. The number of fused-ring (bicyclic) bond motifs is 1. The number of methoxy groups -OCH3 is 2. The zero-order valence-electron chi connectivity index (χ0n) is 18.3. The molecule has 4 aromatic rings. The third-order valence-electron chi connectivity index (χ3n) is 4.40. The number of hydrogen-bond donors (Lipinski definition) is 1. The maximum atomic E-state index is 11.7. The molecule has 0 aliphatic rings. The minimum Gasteiger partial charge on any atom is -0.494 e. The summed E-state index contributed by atoms with van der Waals surface area (Å²) in [5.74, 6) is 1.45. The molecule has 13 heteroatoms. The summed E-state index contributed by atoms with van der Waals surface area (Å²) in [6.45, 7) is 2.31. The molecule has 0 saturated heterocycles. The SMILES string of the molecule is CCOc1cccc(-c2nc3ncc(NS(C)(=O)=O)nc3n2-c2c(OC)ccnc2OC)n1.[HH]. The first-order valence-electron chi connectivity index (χ1n) is 9.75. The van der Waals surface area contributed by atoms with E-state index in [9.17, 15) is 8.42 Å². The van der Waals surface area contributed by atoms with Crippen molar-refractivity contribution in [1.29, 1.82) is 0 Å². The van der Waals surface area contributed by atoms with Gasteiger partial charge in [0.05, 0.1) is 33.3 Å². The molecule has 0 aliphatic heterocycles. The van der Waals surface area contributed by atoms with Gasteiger partial charge in [0.25, 0.3) is 0 Å². The van der Waals surface area contributed by atoms with E-state index in [1.54, 1.807) is 28.8 Å². The van der Waals surface area contributed by atoms with E-state index in [-0.39, 0.29) is 24.4 Å². The monoisotopic (exact) mass is 473 g/mol.